The highest BCUT2D eigenvalue weighted by Gasteiger charge is 2.41. The van der Waals surface area contributed by atoms with E-state index in [1.54, 1.807) is 0 Å². The van der Waals surface area contributed by atoms with Crippen LogP contribution in [0, 0.1) is 0 Å². The molecule has 2 rings (SSSR count). The summed E-state index contributed by atoms with van der Waals surface area (Å²) in [5.74, 6) is 0.0996. The van der Waals surface area contributed by atoms with Crippen molar-refractivity contribution >= 4 is 21.8 Å². The van der Waals surface area contributed by atoms with Crippen LogP contribution >= 0.6 is 15.9 Å². The largest absolute Gasteiger partial charge is 0.340 e. The first kappa shape index (κ1) is 16.6. The molecule has 0 saturated heterocycles. The van der Waals surface area contributed by atoms with E-state index in [4.69, 9.17) is 0 Å². The normalized spacial score (nSPS) is 17.1. The van der Waals surface area contributed by atoms with Gasteiger partial charge in [-0.25, -0.2) is 0 Å². The van der Waals surface area contributed by atoms with Gasteiger partial charge in [0, 0.05) is 35.8 Å². The van der Waals surface area contributed by atoms with E-state index in [0.717, 1.165) is 16.7 Å². The number of amides is 1. The molecule has 0 radical (unpaired) electrons. The fourth-order valence-corrected chi connectivity index (χ4v) is 3.52. The summed E-state index contributed by atoms with van der Waals surface area (Å²) in [7, 11) is 6.15. The number of nitrogens with zero attached hydrogens (tertiary/aromatic N) is 3. The van der Waals surface area contributed by atoms with Gasteiger partial charge in [-0.1, -0.05) is 0 Å². The molecule has 1 aliphatic carbocycles. The zero-order chi connectivity index (χ0) is 15.8. The quantitative estimate of drug-likeness (QED) is 0.809. The highest BCUT2D eigenvalue weighted by atomic mass is 79.9. The Labute approximate surface area is 136 Å². The first-order chi connectivity index (χ1) is 9.77. The van der Waals surface area contributed by atoms with Gasteiger partial charge in [-0.05, 0) is 69.2 Å². The van der Waals surface area contributed by atoms with Crippen LogP contribution in [0.15, 0.2) is 16.7 Å². The number of likely N-dealkylation sites (N-methyl/N-ethyl adjacent to an activating group) is 2. The molecule has 0 atom stereocenters. The van der Waals surface area contributed by atoms with E-state index in [2.05, 4.69) is 48.8 Å². The summed E-state index contributed by atoms with van der Waals surface area (Å²) < 4.78 is 2.99. The van der Waals surface area contributed by atoms with Crippen molar-refractivity contribution in [2.24, 2.45) is 0 Å². The lowest BCUT2D eigenvalue weighted by molar-refractivity contribution is 0.0247. The van der Waals surface area contributed by atoms with Crippen molar-refractivity contribution in [1.29, 1.82) is 0 Å². The van der Waals surface area contributed by atoms with Gasteiger partial charge in [0.05, 0.1) is 0 Å². The molecule has 1 saturated carbocycles. The summed E-state index contributed by atoms with van der Waals surface area (Å²) in [6, 6.07) is 2.19. The van der Waals surface area contributed by atoms with Gasteiger partial charge < -0.3 is 14.4 Å². The topological polar surface area (TPSA) is 28.5 Å². The van der Waals surface area contributed by atoms with Crippen molar-refractivity contribution in [1.82, 2.24) is 14.4 Å². The summed E-state index contributed by atoms with van der Waals surface area (Å²) in [5.41, 5.74) is 0.921. The molecular weight excluding hydrogens is 330 g/mol. The smallest absolute Gasteiger partial charge is 0.270 e. The molecule has 0 N–H and O–H groups in total. The fraction of sp³-hybridized carbons (Fsp3) is 0.688. The lowest BCUT2D eigenvalue weighted by atomic mass is 9.75. The van der Waals surface area contributed by atoms with Crippen molar-refractivity contribution in [3.8, 4) is 0 Å². The van der Waals surface area contributed by atoms with Crippen molar-refractivity contribution in [2.75, 3.05) is 27.7 Å². The van der Waals surface area contributed by atoms with Crippen LogP contribution in [-0.2, 0) is 0 Å². The average molecular weight is 356 g/mol. The number of hydrogen-bond donors (Lipinski definition) is 0. The second-order valence-corrected chi connectivity index (χ2v) is 7.59. The van der Waals surface area contributed by atoms with Gasteiger partial charge in [0.2, 0.25) is 0 Å². The monoisotopic (exact) mass is 355 g/mol. The van der Waals surface area contributed by atoms with Crippen molar-refractivity contribution < 1.29 is 4.79 Å². The maximum atomic E-state index is 12.8. The van der Waals surface area contributed by atoms with Crippen LogP contribution in [0.3, 0.4) is 0 Å². The number of halogens is 1. The summed E-state index contributed by atoms with van der Waals surface area (Å²) in [5, 5.41) is 0. The molecule has 1 fully saturated rings. The van der Waals surface area contributed by atoms with Crippen LogP contribution in [-0.4, -0.2) is 53.5 Å². The van der Waals surface area contributed by atoms with E-state index >= 15 is 0 Å². The first-order valence-corrected chi connectivity index (χ1v) is 8.36. The fourth-order valence-electron chi connectivity index (χ4n) is 3.08. The van der Waals surface area contributed by atoms with Crippen LogP contribution < -0.4 is 0 Å². The minimum atomic E-state index is 0.0996. The third kappa shape index (κ3) is 3.19. The van der Waals surface area contributed by atoms with Crippen LogP contribution in [0.5, 0.6) is 0 Å². The minimum Gasteiger partial charge on any atom is -0.340 e. The highest BCUT2D eigenvalue weighted by molar-refractivity contribution is 9.10. The summed E-state index contributed by atoms with van der Waals surface area (Å²) in [6.45, 7) is 4.98. The zero-order valence-corrected chi connectivity index (χ0v) is 15.3. The Kier molecular flexibility index (Phi) is 4.83. The zero-order valence-electron chi connectivity index (χ0n) is 13.7. The van der Waals surface area contributed by atoms with Gasteiger partial charge in [0.1, 0.15) is 5.69 Å². The molecule has 0 spiro atoms. The summed E-state index contributed by atoms with van der Waals surface area (Å²) in [4.78, 5) is 16.9. The Hall–Kier alpha value is -0.810. The molecule has 0 unspecified atom stereocenters. The number of hydrogen-bond acceptors (Lipinski definition) is 2. The molecule has 0 aromatic carbocycles. The first-order valence-electron chi connectivity index (χ1n) is 7.57. The molecule has 1 heterocycles. The number of carbonyl (C=O) groups excluding carboxylic acids is 1. The molecule has 118 valence electrons. The number of aromatic nitrogens is 1. The van der Waals surface area contributed by atoms with Crippen LogP contribution in [0.2, 0.25) is 0 Å². The van der Waals surface area contributed by atoms with E-state index < -0.39 is 0 Å². The van der Waals surface area contributed by atoms with Crippen molar-refractivity contribution in [3.05, 3.63) is 22.4 Å². The van der Waals surface area contributed by atoms with E-state index in [1.807, 2.05) is 28.8 Å². The minimum absolute atomic E-state index is 0.0996. The molecule has 1 aromatic heterocycles. The lowest BCUT2D eigenvalue weighted by Crippen LogP contribution is -2.57. The molecule has 4 nitrogen and oxygen atoms in total. The van der Waals surface area contributed by atoms with Gasteiger partial charge in [-0.3, -0.25) is 4.79 Å². The molecule has 1 amide bonds. The van der Waals surface area contributed by atoms with Crippen molar-refractivity contribution in [2.45, 2.75) is 44.7 Å². The SMILES string of the molecule is CC(C)n1cc(Br)cc1C(=O)N(C)CC1(N(C)C)CCC1. The number of rotatable bonds is 5. The highest BCUT2D eigenvalue weighted by Crippen LogP contribution is 2.37. The Morgan fingerprint density at radius 3 is 2.43 bits per heavy atom. The summed E-state index contributed by atoms with van der Waals surface area (Å²) >= 11 is 3.48. The maximum absolute atomic E-state index is 12.8. The van der Waals surface area contributed by atoms with E-state index in [1.165, 1.54) is 19.3 Å². The molecule has 1 aromatic rings. The third-order valence-electron chi connectivity index (χ3n) is 4.70. The van der Waals surface area contributed by atoms with Gasteiger partial charge in [-0.2, -0.15) is 0 Å². The molecular formula is C16H26BrN3O. The second kappa shape index (κ2) is 6.13. The average Bonchev–Trinajstić information content (AvgIpc) is 2.74. The third-order valence-corrected chi connectivity index (χ3v) is 5.14. The van der Waals surface area contributed by atoms with E-state index in [0.29, 0.717) is 0 Å². The van der Waals surface area contributed by atoms with Gasteiger partial charge in [0.25, 0.3) is 5.91 Å². The van der Waals surface area contributed by atoms with Crippen LogP contribution in [0.25, 0.3) is 0 Å². The van der Waals surface area contributed by atoms with E-state index in [-0.39, 0.29) is 17.5 Å². The molecule has 5 heteroatoms. The summed E-state index contributed by atoms with van der Waals surface area (Å²) in [6.07, 6.45) is 5.59. The van der Waals surface area contributed by atoms with Crippen molar-refractivity contribution in [3.63, 3.8) is 0 Å². The van der Waals surface area contributed by atoms with Crippen LogP contribution in [0.4, 0.5) is 0 Å². The maximum Gasteiger partial charge on any atom is 0.270 e. The Morgan fingerprint density at radius 1 is 1.38 bits per heavy atom. The van der Waals surface area contributed by atoms with Gasteiger partial charge >= 0.3 is 0 Å². The second-order valence-electron chi connectivity index (χ2n) is 6.68. The lowest BCUT2D eigenvalue weighted by Gasteiger charge is -2.49. The Balaban J connectivity index is 2.16. The Morgan fingerprint density at radius 2 is 2.00 bits per heavy atom. The predicted octanol–water partition coefficient (Wildman–Crippen LogP) is 3.39. The number of carbonyl (C=O) groups is 1. The van der Waals surface area contributed by atoms with Gasteiger partial charge in [-0.15, -0.1) is 0 Å². The van der Waals surface area contributed by atoms with E-state index in [9.17, 15) is 4.79 Å². The van der Waals surface area contributed by atoms with Crippen LogP contribution in [0.1, 0.15) is 49.6 Å². The molecule has 0 bridgehead atoms. The standard InChI is InChI=1S/C16H26BrN3O/c1-12(2)20-10-13(17)9-14(20)15(21)19(5)11-16(18(3)4)7-6-8-16/h9-10,12H,6-8,11H2,1-5H3. The molecule has 1 aliphatic rings. The molecule has 0 aliphatic heterocycles. The molecule has 21 heavy (non-hydrogen) atoms. The van der Waals surface area contributed by atoms with Gasteiger partial charge in [0.15, 0.2) is 0 Å². The predicted molar refractivity (Wildman–Crippen MR) is 89.7 cm³/mol. The Bertz CT molecular complexity index is 518.